The number of nitrogens with zero attached hydrogens (tertiary/aromatic N) is 9. The van der Waals surface area contributed by atoms with Gasteiger partial charge in [0.25, 0.3) is 0 Å². The van der Waals surface area contributed by atoms with Gasteiger partial charge in [0.15, 0.2) is 5.00 Å². The molecule has 0 N–H and O–H groups in total. The second-order valence-corrected chi connectivity index (χ2v) is 9.75. The smallest absolute Gasteiger partial charge is 0.243 e. The van der Waals surface area contributed by atoms with E-state index in [-0.39, 0.29) is 0 Å². The monoisotopic (exact) mass is 499 g/mol. The molecule has 0 amide bonds. The SMILES string of the molecule is Cc1cc(N(CCn2cc[n+](C)c2)CCn2cc[n+](C)c2)ccc1N=Nc1sc(C#N)c(C)c1C#N. The Kier molecular flexibility index (Phi) is 7.57. The third-order valence-corrected chi connectivity index (χ3v) is 7.12. The van der Waals surface area contributed by atoms with Crippen molar-refractivity contribution in [3.63, 3.8) is 0 Å². The molecule has 3 aromatic heterocycles. The average molecular weight is 500 g/mol. The van der Waals surface area contributed by atoms with Gasteiger partial charge in [0.1, 0.15) is 54.9 Å². The van der Waals surface area contributed by atoms with Gasteiger partial charge in [0.05, 0.1) is 38.4 Å². The molecule has 10 heteroatoms. The lowest BCUT2D eigenvalue weighted by atomic mass is 10.1. The lowest BCUT2D eigenvalue weighted by molar-refractivity contribution is -0.671. The molecule has 0 spiro atoms. The Morgan fingerprint density at radius 3 is 2.08 bits per heavy atom. The molecule has 0 fully saturated rings. The van der Waals surface area contributed by atoms with Crippen LogP contribution < -0.4 is 14.0 Å². The molecule has 0 saturated carbocycles. The summed E-state index contributed by atoms with van der Waals surface area (Å²) in [5.41, 5.74) is 3.93. The number of nitriles is 2. The predicted molar refractivity (Wildman–Crippen MR) is 137 cm³/mol. The molecule has 3 heterocycles. The highest BCUT2D eigenvalue weighted by Gasteiger charge is 2.15. The van der Waals surface area contributed by atoms with Crippen LogP contribution in [0.2, 0.25) is 0 Å². The molecule has 0 aliphatic heterocycles. The Labute approximate surface area is 215 Å². The Balaban J connectivity index is 1.54. The second kappa shape index (κ2) is 11.0. The van der Waals surface area contributed by atoms with Crippen molar-refractivity contribution in [2.24, 2.45) is 24.3 Å². The molecular formula is C26H29N9S+2. The first-order valence-corrected chi connectivity index (χ1v) is 12.4. The summed E-state index contributed by atoms with van der Waals surface area (Å²) in [6, 6.07) is 10.4. The van der Waals surface area contributed by atoms with E-state index in [4.69, 9.17) is 0 Å². The fourth-order valence-corrected chi connectivity index (χ4v) is 4.84. The van der Waals surface area contributed by atoms with Crippen molar-refractivity contribution in [3.8, 4) is 12.1 Å². The molecule has 4 aromatic rings. The number of aromatic nitrogens is 4. The molecule has 0 aliphatic carbocycles. The van der Waals surface area contributed by atoms with Crippen molar-refractivity contribution in [3.05, 3.63) is 77.2 Å². The number of benzene rings is 1. The second-order valence-electron chi connectivity index (χ2n) is 8.75. The standard InChI is InChI=1S/C26H29N9S/c1-20-15-22(5-6-24(20)29-30-26-23(16-27)21(2)25(17-28)36-26)35(13-11-33-9-7-31(3)18-33)14-12-34-10-8-32(4)19-34/h5-10,15,18-19H,11-14H2,1-4H3/q+2. The maximum absolute atomic E-state index is 9.46. The molecular weight excluding hydrogens is 470 g/mol. The van der Waals surface area contributed by atoms with Gasteiger partial charge in [-0.25, -0.2) is 18.3 Å². The number of hydrogen-bond acceptors (Lipinski definition) is 6. The average Bonchev–Trinajstić information content (AvgIpc) is 3.56. The molecule has 0 aliphatic rings. The third-order valence-electron chi connectivity index (χ3n) is 6.04. The highest BCUT2D eigenvalue weighted by molar-refractivity contribution is 7.16. The van der Waals surface area contributed by atoms with Crippen LogP contribution in [0.3, 0.4) is 0 Å². The molecule has 36 heavy (non-hydrogen) atoms. The van der Waals surface area contributed by atoms with Gasteiger partial charge in [-0.15, -0.1) is 21.6 Å². The normalized spacial score (nSPS) is 11.1. The summed E-state index contributed by atoms with van der Waals surface area (Å²) < 4.78 is 8.45. The van der Waals surface area contributed by atoms with E-state index < -0.39 is 0 Å². The number of imidazole rings is 2. The molecule has 182 valence electrons. The minimum atomic E-state index is 0.414. The quantitative estimate of drug-likeness (QED) is 0.258. The van der Waals surface area contributed by atoms with E-state index in [1.807, 2.05) is 48.6 Å². The minimum absolute atomic E-state index is 0.414. The molecule has 0 atom stereocenters. The van der Waals surface area contributed by atoms with Crippen LogP contribution in [0.5, 0.6) is 0 Å². The molecule has 1 aromatic carbocycles. The van der Waals surface area contributed by atoms with Crippen LogP contribution in [0.25, 0.3) is 0 Å². The lowest BCUT2D eigenvalue weighted by Gasteiger charge is -2.24. The van der Waals surface area contributed by atoms with E-state index in [0.717, 1.165) is 43.1 Å². The van der Waals surface area contributed by atoms with Gasteiger partial charge < -0.3 is 4.90 Å². The number of anilines is 1. The van der Waals surface area contributed by atoms with E-state index in [1.54, 1.807) is 6.92 Å². The summed E-state index contributed by atoms with van der Waals surface area (Å²) in [6.45, 7) is 7.24. The molecule has 0 bridgehead atoms. The molecule has 0 radical (unpaired) electrons. The zero-order valence-electron chi connectivity index (χ0n) is 21.0. The molecule has 0 unspecified atom stereocenters. The lowest BCUT2D eigenvalue weighted by Crippen LogP contribution is -2.31. The van der Waals surface area contributed by atoms with E-state index in [9.17, 15) is 10.5 Å². The third kappa shape index (κ3) is 5.68. The van der Waals surface area contributed by atoms with Gasteiger partial charge in [-0.1, -0.05) is 0 Å². The zero-order chi connectivity index (χ0) is 25.7. The van der Waals surface area contributed by atoms with Crippen LogP contribution in [0.1, 0.15) is 21.6 Å². The van der Waals surface area contributed by atoms with Crippen molar-refractivity contribution in [2.45, 2.75) is 26.9 Å². The number of thiophene rings is 1. The summed E-state index contributed by atoms with van der Waals surface area (Å²) in [5, 5.41) is 27.9. The Morgan fingerprint density at radius 1 is 0.944 bits per heavy atom. The number of hydrogen-bond donors (Lipinski definition) is 0. The molecule has 9 nitrogen and oxygen atoms in total. The first-order valence-electron chi connectivity index (χ1n) is 11.6. The van der Waals surface area contributed by atoms with Gasteiger partial charge in [-0.3, -0.25) is 0 Å². The summed E-state index contributed by atoms with van der Waals surface area (Å²) >= 11 is 1.20. The molecule has 0 saturated heterocycles. The maximum atomic E-state index is 9.46. The summed E-state index contributed by atoms with van der Waals surface area (Å²) in [5.74, 6) is 0. The van der Waals surface area contributed by atoms with E-state index in [1.165, 1.54) is 11.3 Å². The van der Waals surface area contributed by atoms with Crippen LogP contribution in [0.4, 0.5) is 16.4 Å². The number of aryl methyl sites for hydroxylation is 3. The number of rotatable bonds is 9. The van der Waals surface area contributed by atoms with Crippen LogP contribution in [0.15, 0.2) is 65.9 Å². The van der Waals surface area contributed by atoms with E-state index >= 15 is 0 Å². The van der Waals surface area contributed by atoms with E-state index in [0.29, 0.717) is 21.0 Å². The van der Waals surface area contributed by atoms with Gasteiger partial charge in [-0.2, -0.15) is 10.5 Å². The zero-order valence-corrected chi connectivity index (χ0v) is 21.8. The highest BCUT2D eigenvalue weighted by Crippen LogP contribution is 2.36. The highest BCUT2D eigenvalue weighted by atomic mass is 32.1. The predicted octanol–water partition coefficient (Wildman–Crippen LogP) is 3.98. The van der Waals surface area contributed by atoms with Crippen LogP contribution in [-0.2, 0) is 27.2 Å². The van der Waals surface area contributed by atoms with Gasteiger partial charge >= 0.3 is 0 Å². The maximum Gasteiger partial charge on any atom is 0.243 e. The van der Waals surface area contributed by atoms with Crippen molar-refractivity contribution in [1.29, 1.82) is 10.5 Å². The van der Waals surface area contributed by atoms with Crippen molar-refractivity contribution >= 4 is 27.7 Å². The summed E-state index contributed by atoms with van der Waals surface area (Å²) in [6.07, 6.45) is 12.4. The summed E-state index contributed by atoms with van der Waals surface area (Å²) in [4.78, 5) is 2.87. The fraction of sp³-hybridized carbons (Fsp3) is 0.308. The Bertz CT molecular complexity index is 1430. The first-order chi connectivity index (χ1) is 17.4. The topological polar surface area (TPSA) is 93.2 Å². The van der Waals surface area contributed by atoms with Crippen LogP contribution in [-0.4, -0.2) is 22.2 Å². The Morgan fingerprint density at radius 2 is 1.58 bits per heavy atom. The largest absolute Gasteiger partial charge is 0.364 e. The number of azo groups is 1. The van der Waals surface area contributed by atoms with Crippen LogP contribution >= 0.6 is 11.3 Å². The van der Waals surface area contributed by atoms with Gasteiger partial charge in [0, 0.05) is 5.69 Å². The van der Waals surface area contributed by atoms with E-state index in [2.05, 4.69) is 73.6 Å². The fourth-order valence-electron chi connectivity index (χ4n) is 3.97. The van der Waals surface area contributed by atoms with Crippen molar-refractivity contribution in [2.75, 3.05) is 18.0 Å². The minimum Gasteiger partial charge on any atom is -0.364 e. The first kappa shape index (κ1) is 24.8. The Hall–Kier alpha value is -4.28. The van der Waals surface area contributed by atoms with Gasteiger partial charge in [0.2, 0.25) is 12.7 Å². The summed E-state index contributed by atoms with van der Waals surface area (Å²) in [7, 11) is 4.05. The molecule has 4 rings (SSSR count). The van der Waals surface area contributed by atoms with Crippen molar-refractivity contribution < 1.29 is 9.13 Å². The van der Waals surface area contributed by atoms with Gasteiger partial charge in [-0.05, 0) is 43.2 Å². The van der Waals surface area contributed by atoms with Crippen molar-refractivity contribution in [1.82, 2.24) is 9.13 Å². The van der Waals surface area contributed by atoms with Crippen LogP contribution in [0, 0.1) is 36.5 Å².